The highest BCUT2D eigenvalue weighted by Crippen LogP contribution is 2.29. The predicted octanol–water partition coefficient (Wildman–Crippen LogP) is 3.63. The third kappa shape index (κ3) is 3.59. The number of phenols is 1. The number of aromatic hydroxyl groups is 1. The second-order valence-electron chi connectivity index (χ2n) is 5.08. The van der Waals surface area contributed by atoms with Crippen molar-refractivity contribution in [1.82, 2.24) is 0 Å². The molecule has 0 aromatic heterocycles. The fourth-order valence-electron chi connectivity index (χ4n) is 2.34. The molecule has 1 aliphatic rings. The van der Waals surface area contributed by atoms with E-state index in [0.29, 0.717) is 10.7 Å². The maximum atomic E-state index is 9.74. The monoisotopic (exact) mass is 316 g/mol. The zero-order valence-corrected chi connectivity index (χ0v) is 12.8. The van der Waals surface area contributed by atoms with Crippen LogP contribution in [0.25, 0.3) is 0 Å². The SMILES string of the molecule is Oc1ccc(Cl)cc1N=Cc1ccc(N2CCOCC2)cc1. The average molecular weight is 317 g/mol. The number of nitrogens with zero attached hydrogens (tertiary/aromatic N) is 2. The number of hydrogen-bond donors (Lipinski definition) is 1. The number of benzene rings is 2. The van der Waals surface area contributed by atoms with Gasteiger partial charge in [0.25, 0.3) is 0 Å². The van der Waals surface area contributed by atoms with Crippen LogP contribution < -0.4 is 4.90 Å². The van der Waals surface area contributed by atoms with Gasteiger partial charge in [-0.25, -0.2) is 0 Å². The molecule has 3 rings (SSSR count). The van der Waals surface area contributed by atoms with E-state index in [9.17, 15) is 5.11 Å². The summed E-state index contributed by atoms with van der Waals surface area (Å²) < 4.78 is 5.36. The highest BCUT2D eigenvalue weighted by Gasteiger charge is 2.10. The highest BCUT2D eigenvalue weighted by atomic mass is 35.5. The van der Waals surface area contributed by atoms with Gasteiger partial charge >= 0.3 is 0 Å². The van der Waals surface area contributed by atoms with Crippen LogP contribution in [-0.4, -0.2) is 37.6 Å². The normalized spacial score (nSPS) is 15.4. The van der Waals surface area contributed by atoms with Crippen molar-refractivity contribution >= 4 is 29.2 Å². The Kier molecular flexibility index (Phi) is 4.61. The van der Waals surface area contributed by atoms with Gasteiger partial charge in [-0.15, -0.1) is 0 Å². The topological polar surface area (TPSA) is 45.1 Å². The Hall–Kier alpha value is -2.04. The van der Waals surface area contributed by atoms with E-state index >= 15 is 0 Å². The van der Waals surface area contributed by atoms with Gasteiger partial charge < -0.3 is 14.7 Å². The molecule has 2 aromatic rings. The van der Waals surface area contributed by atoms with Crippen molar-refractivity contribution in [3.63, 3.8) is 0 Å². The van der Waals surface area contributed by atoms with Gasteiger partial charge in [0.15, 0.2) is 0 Å². The lowest BCUT2D eigenvalue weighted by molar-refractivity contribution is 0.122. The predicted molar refractivity (Wildman–Crippen MR) is 89.8 cm³/mol. The molecule has 114 valence electrons. The van der Waals surface area contributed by atoms with Crippen LogP contribution in [0.2, 0.25) is 5.02 Å². The fourth-order valence-corrected chi connectivity index (χ4v) is 2.50. The van der Waals surface area contributed by atoms with E-state index in [1.54, 1.807) is 18.3 Å². The van der Waals surface area contributed by atoms with Crippen LogP contribution in [0, 0.1) is 0 Å². The van der Waals surface area contributed by atoms with Gasteiger partial charge in [0.05, 0.1) is 13.2 Å². The minimum Gasteiger partial charge on any atom is -0.506 e. The van der Waals surface area contributed by atoms with Crippen LogP contribution in [0.3, 0.4) is 0 Å². The molecular formula is C17H17ClN2O2. The van der Waals surface area contributed by atoms with Gasteiger partial charge in [-0.1, -0.05) is 23.7 Å². The van der Waals surface area contributed by atoms with E-state index in [0.717, 1.165) is 31.9 Å². The summed E-state index contributed by atoms with van der Waals surface area (Å²) in [6.07, 6.45) is 1.72. The van der Waals surface area contributed by atoms with Crippen molar-refractivity contribution in [3.05, 3.63) is 53.1 Å². The maximum absolute atomic E-state index is 9.74. The molecule has 0 radical (unpaired) electrons. The van der Waals surface area contributed by atoms with Crippen LogP contribution in [0.4, 0.5) is 11.4 Å². The van der Waals surface area contributed by atoms with E-state index in [4.69, 9.17) is 16.3 Å². The summed E-state index contributed by atoms with van der Waals surface area (Å²) in [5.74, 6) is 0.116. The van der Waals surface area contributed by atoms with Crippen molar-refractivity contribution in [1.29, 1.82) is 0 Å². The van der Waals surface area contributed by atoms with E-state index in [1.807, 2.05) is 12.1 Å². The molecule has 1 N–H and O–H groups in total. The van der Waals surface area contributed by atoms with Gasteiger partial charge in [0, 0.05) is 30.0 Å². The molecule has 4 nitrogen and oxygen atoms in total. The molecule has 0 atom stereocenters. The van der Waals surface area contributed by atoms with Crippen molar-refractivity contribution in [3.8, 4) is 5.75 Å². The number of halogens is 1. The van der Waals surface area contributed by atoms with Crippen LogP contribution in [0.15, 0.2) is 47.5 Å². The minimum atomic E-state index is 0.116. The number of anilines is 1. The first kappa shape index (κ1) is 14.9. The lowest BCUT2D eigenvalue weighted by Gasteiger charge is -2.28. The second kappa shape index (κ2) is 6.81. The van der Waals surface area contributed by atoms with E-state index < -0.39 is 0 Å². The lowest BCUT2D eigenvalue weighted by atomic mass is 10.2. The Morgan fingerprint density at radius 2 is 1.82 bits per heavy atom. The molecule has 0 unspecified atom stereocenters. The molecule has 1 heterocycles. The summed E-state index contributed by atoms with van der Waals surface area (Å²) in [6, 6.07) is 13.0. The first-order valence-electron chi connectivity index (χ1n) is 7.18. The number of morpholine rings is 1. The molecule has 0 saturated carbocycles. The Labute approximate surface area is 134 Å². The lowest BCUT2D eigenvalue weighted by Crippen LogP contribution is -2.36. The van der Waals surface area contributed by atoms with Gasteiger partial charge in [-0.3, -0.25) is 4.99 Å². The summed E-state index contributed by atoms with van der Waals surface area (Å²) in [6.45, 7) is 3.39. The molecule has 1 fully saturated rings. The Bertz CT molecular complexity index is 665. The van der Waals surface area contributed by atoms with Crippen LogP contribution >= 0.6 is 11.6 Å². The van der Waals surface area contributed by atoms with Gasteiger partial charge in [0.1, 0.15) is 11.4 Å². The first-order chi connectivity index (χ1) is 10.7. The second-order valence-corrected chi connectivity index (χ2v) is 5.52. The van der Waals surface area contributed by atoms with Gasteiger partial charge in [0.2, 0.25) is 0 Å². The first-order valence-corrected chi connectivity index (χ1v) is 7.55. The van der Waals surface area contributed by atoms with Crippen LogP contribution in [-0.2, 0) is 4.74 Å². The maximum Gasteiger partial charge on any atom is 0.141 e. The van der Waals surface area contributed by atoms with Gasteiger partial charge in [-0.2, -0.15) is 0 Å². The molecule has 1 aliphatic heterocycles. The third-order valence-corrected chi connectivity index (χ3v) is 3.79. The zero-order chi connectivity index (χ0) is 15.4. The number of hydrogen-bond acceptors (Lipinski definition) is 4. The molecule has 0 amide bonds. The van der Waals surface area contributed by atoms with Gasteiger partial charge in [-0.05, 0) is 35.9 Å². The Morgan fingerprint density at radius 3 is 2.55 bits per heavy atom. The van der Waals surface area contributed by atoms with Crippen molar-refractivity contribution in [2.24, 2.45) is 4.99 Å². The molecule has 0 spiro atoms. The third-order valence-electron chi connectivity index (χ3n) is 3.56. The summed E-state index contributed by atoms with van der Waals surface area (Å²) in [5.41, 5.74) is 2.62. The van der Waals surface area contributed by atoms with E-state index in [2.05, 4.69) is 22.0 Å². The number of phenolic OH excluding ortho intramolecular Hbond substituents is 1. The zero-order valence-electron chi connectivity index (χ0n) is 12.1. The minimum absolute atomic E-state index is 0.116. The standard InChI is InChI=1S/C17H17ClN2O2/c18-14-3-6-17(21)16(11-14)19-12-13-1-4-15(5-2-13)20-7-9-22-10-8-20/h1-6,11-12,21H,7-10H2. The molecule has 0 aliphatic carbocycles. The molecule has 22 heavy (non-hydrogen) atoms. The molecule has 0 bridgehead atoms. The summed E-state index contributed by atoms with van der Waals surface area (Å²) in [4.78, 5) is 6.58. The molecule has 1 saturated heterocycles. The summed E-state index contributed by atoms with van der Waals surface area (Å²) in [7, 11) is 0. The Balaban J connectivity index is 1.72. The van der Waals surface area contributed by atoms with E-state index in [1.165, 1.54) is 11.8 Å². The smallest absolute Gasteiger partial charge is 0.141 e. The largest absolute Gasteiger partial charge is 0.506 e. The quantitative estimate of drug-likeness (QED) is 0.879. The number of rotatable bonds is 3. The number of aliphatic imine (C=N–C) groups is 1. The van der Waals surface area contributed by atoms with Crippen LogP contribution in [0.1, 0.15) is 5.56 Å². The van der Waals surface area contributed by atoms with Crippen molar-refractivity contribution < 1.29 is 9.84 Å². The molecule has 2 aromatic carbocycles. The Morgan fingerprint density at radius 1 is 1.09 bits per heavy atom. The molecular weight excluding hydrogens is 300 g/mol. The summed E-state index contributed by atoms with van der Waals surface area (Å²) >= 11 is 5.90. The molecule has 5 heteroatoms. The van der Waals surface area contributed by atoms with E-state index in [-0.39, 0.29) is 5.75 Å². The highest BCUT2D eigenvalue weighted by molar-refractivity contribution is 6.30. The fraction of sp³-hybridized carbons (Fsp3) is 0.235. The van der Waals surface area contributed by atoms with Crippen LogP contribution in [0.5, 0.6) is 5.75 Å². The summed E-state index contributed by atoms with van der Waals surface area (Å²) in [5, 5.41) is 10.3. The number of ether oxygens (including phenoxy) is 1. The average Bonchev–Trinajstić information content (AvgIpc) is 2.57. The van der Waals surface area contributed by atoms with Crippen molar-refractivity contribution in [2.75, 3.05) is 31.2 Å². The van der Waals surface area contributed by atoms with Crippen molar-refractivity contribution in [2.45, 2.75) is 0 Å².